The van der Waals surface area contributed by atoms with Crippen molar-refractivity contribution in [3.8, 4) is 17.6 Å². The summed E-state index contributed by atoms with van der Waals surface area (Å²) in [6, 6.07) is 18.1. The van der Waals surface area contributed by atoms with Gasteiger partial charge in [0.1, 0.15) is 17.6 Å². The number of phenols is 1. The van der Waals surface area contributed by atoms with E-state index in [4.69, 9.17) is 21.6 Å². The maximum Gasteiger partial charge on any atom is 0.271 e. The van der Waals surface area contributed by atoms with E-state index in [1.807, 2.05) is 12.1 Å². The Morgan fingerprint density at radius 2 is 1.91 bits per heavy atom. The molecule has 0 aliphatic carbocycles. The van der Waals surface area contributed by atoms with Crippen molar-refractivity contribution in [1.82, 2.24) is 5.43 Å². The fourth-order valence-electron chi connectivity index (χ4n) is 3.02. The Morgan fingerprint density at radius 1 is 1.15 bits per heavy atom. The molecular formula is C25H21ClN4O4. The van der Waals surface area contributed by atoms with Crippen LogP contribution in [0.4, 0.5) is 5.69 Å². The summed E-state index contributed by atoms with van der Waals surface area (Å²) in [7, 11) is 1.48. The van der Waals surface area contributed by atoms with Crippen molar-refractivity contribution in [3.05, 3.63) is 87.9 Å². The van der Waals surface area contributed by atoms with Gasteiger partial charge in [-0.2, -0.15) is 10.4 Å². The predicted molar refractivity (Wildman–Crippen MR) is 129 cm³/mol. The lowest BCUT2D eigenvalue weighted by Gasteiger charge is -2.10. The van der Waals surface area contributed by atoms with Crippen molar-refractivity contribution in [2.45, 2.75) is 12.8 Å². The van der Waals surface area contributed by atoms with Gasteiger partial charge in [-0.25, -0.2) is 5.43 Å². The van der Waals surface area contributed by atoms with Crippen molar-refractivity contribution >= 4 is 35.3 Å². The van der Waals surface area contributed by atoms with E-state index in [-0.39, 0.29) is 22.8 Å². The third kappa shape index (κ3) is 6.58. The fourth-order valence-corrected chi connectivity index (χ4v) is 3.15. The summed E-state index contributed by atoms with van der Waals surface area (Å²) >= 11 is 5.87. The molecule has 0 spiro atoms. The Hall–Kier alpha value is -4.35. The van der Waals surface area contributed by atoms with Crippen LogP contribution in [0.2, 0.25) is 5.02 Å². The minimum atomic E-state index is -0.545. The van der Waals surface area contributed by atoms with Crippen molar-refractivity contribution in [3.63, 3.8) is 0 Å². The molecule has 0 atom stereocenters. The first kappa shape index (κ1) is 24.3. The number of amides is 2. The predicted octanol–water partition coefficient (Wildman–Crippen LogP) is 4.26. The number of methoxy groups -OCH3 is 1. The van der Waals surface area contributed by atoms with E-state index in [0.717, 1.165) is 5.56 Å². The van der Waals surface area contributed by atoms with Crippen LogP contribution in [0.1, 0.15) is 33.5 Å². The van der Waals surface area contributed by atoms with Gasteiger partial charge in [-0.1, -0.05) is 23.7 Å². The summed E-state index contributed by atoms with van der Waals surface area (Å²) in [5.74, 6) is -0.443. The van der Waals surface area contributed by atoms with Crippen LogP contribution >= 0.6 is 11.6 Å². The van der Waals surface area contributed by atoms with Crippen LogP contribution < -0.4 is 15.5 Å². The molecule has 2 amide bonds. The number of nitrogens with zero attached hydrogens (tertiary/aromatic N) is 2. The molecule has 3 aromatic carbocycles. The third-order valence-electron chi connectivity index (χ3n) is 4.82. The number of phenolic OH excluding ortho intramolecular Hbond substituents is 1. The number of halogens is 1. The van der Waals surface area contributed by atoms with Gasteiger partial charge in [0, 0.05) is 34.3 Å². The second-order valence-corrected chi connectivity index (χ2v) is 7.61. The average Bonchev–Trinajstić information content (AvgIpc) is 2.84. The summed E-state index contributed by atoms with van der Waals surface area (Å²) in [5.41, 5.74) is 4.68. The van der Waals surface area contributed by atoms with Crippen molar-refractivity contribution in [2.24, 2.45) is 5.10 Å². The number of hydrazone groups is 1. The van der Waals surface area contributed by atoms with Crippen LogP contribution in [0.3, 0.4) is 0 Å². The number of hydrogen-bond acceptors (Lipinski definition) is 6. The van der Waals surface area contributed by atoms with E-state index in [2.05, 4.69) is 15.8 Å². The summed E-state index contributed by atoms with van der Waals surface area (Å²) in [6.45, 7) is 0. The molecule has 172 valence electrons. The number of nitriles is 1. The molecule has 0 heterocycles. The molecule has 0 saturated heterocycles. The molecule has 0 aliphatic rings. The number of anilines is 1. The summed E-state index contributed by atoms with van der Waals surface area (Å²) in [4.78, 5) is 24.5. The summed E-state index contributed by atoms with van der Waals surface area (Å²) in [5, 5.41) is 25.9. The van der Waals surface area contributed by atoms with E-state index >= 15 is 0 Å². The van der Waals surface area contributed by atoms with Crippen LogP contribution in [0, 0.1) is 11.3 Å². The molecule has 0 bridgehead atoms. The highest BCUT2D eigenvalue weighted by atomic mass is 35.5. The number of carbonyl (C=O) groups excluding carboxylic acids is 2. The average molecular weight is 477 g/mol. The molecule has 3 N–H and O–H groups in total. The lowest BCUT2D eigenvalue weighted by molar-refractivity contribution is -0.116. The van der Waals surface area contributed by atoms with E-state index < -0.39 is 5.91 Å². The zero-order valence-corrected chi connectivity index (χ0v) is 19.0. The monoisotopic (exact) mass is 476 g/mol. The first-order chi connectivity index (χ1) is 16.4. The molecule has 3 rings (SSSR count). The van der Waals surface area contributed by atoms with Gasteiger partial charge in [-0.3, -0.25) is 9.59 Å². The van der Waals surface area contributed by atoms with Gasteiger partial charge in [-0.05, 0) is 54.4 Å². The number of hydrogen-bond donors (Lipinski definition) is 3. The highest BCUT2D eigenvalue weighted by Gasteiger charge is 2.10. The minimum absolute atomic E-state index is 0.0101. The molecule has 0 fully saturated rings. The second kappa shape index (κ2) is 11.5. The SMILES string of the molecule is COc1cc(NC(=O)CCc2ccc(Cl)cc2)ccc1C=NNC(=O)c1ccc(O)c(C#N)c1. The Labute approximate surface area is 201 Å². The molecule has 0 saturated carbocycles. The zero-order valence-electron chi connectivity index (χ0n) is 18.2. The normalized spacial score (nSPS) is 10.5. The Balaban J connectivity index is 1.59. The fraction of sp³-hybridized carbons (Fsp3) is 0.120. The molecule has 34 heavy (non-hydrogen) atoms. The van der Waals surface area contributed by atoms with Crippen molar-refractivity contribution < 1.29 is 19.4 Å². The number of carbonyl (C=O) groups is 2. The maximum absolute atomic E-state index is 12.3. The van der Waals surface area contributed by atoms with E-state index in [9.17, 15) is 14.7 Å². The smallest absolute Gasteiger partial charge is 0.271 e. The van der Waals surface area contributed by atoms with Crippen molar-refractivity contribution in [2.75, 3.05) is 12.4 Å². The first-order valence-electron chi connectivity index (χ1n) is 10.2. The number of nitrogens with one attached hydrogen (secondary N) is 2. The maximum atomic E-state index is 12.3. The van der Waals surface area contributed by atoms with Gasteiger partial charge in [0.15, 0.2) is 0 Å². The van der Waals surface area contributed by atoms with Gasteiger partial charge in [0.25, 0.3) is 5.91 Å². The Morgan fingerprint density at radius 3 is 2.62 bits per heavy atom. The molecular weight excluding hydrogens is 456 g/mol. The molecule has 0 radical (unpaired) electrons. The molecule has 0 aliphatic heterocycles. The van der Waals surface area contributed by atoms with Gasteiger partial charge in [0.2, 0.25) is 5.91 Å². The molecule has 3 aromatic rings. The number of ether oxygens (including phenoxy) is 1. The van der Waals surface area contributed by atoms with E-state index in [0.29, 0.717) is 34.9 Å². The number of benzene rings is 3. The second-order valence-electron chi connectivity index (χ2n) is 7.17. The van der Waals surface area contributed by atoms with Crippen LogP contribution in [-0.2, 0) is 11.2 Å². The number of aromatic hydroxyl groups is 1. The number of aryl methyl sites for hydroxylation is 1. The van der Waals surface area contributed by atoms with Crippen molar-refractivity contribution in [1.29, 1.82) is 5.26 Å². The molecule has 0 unspecified atom stereocenters. The zero-order chi connectivity index (χ0) is 24.5. The lowest BCUT2D eigenvalue weighted by Crippen LogP contribution is -2.17. The molecule has 9 heteroatoms. The summed E-state index contributed by atoms with van der Waals surface area (Å²) < 4.78 is 5.36. The van der Waals surface area contributed by atoms with Crippen LogP contribution in [0.25, 0.3) is 0 Å². The van der Waals surface area contributed by atoms with Crippen LogP contribution in [0.5, 0.6) is 11.5 Å². The van der Waals surface area contributed by atoms with Gasteiger partial charge < -0.3 is 15.2 Å². The Bertz CT molecular complexity index is 1270. The highest BCUT2D eigenvalue weighted by Crippen LogP contribution is 2.22. The van der Waals surface area contributed by atoms with Crippen LogP contribution in [0.15, 0.2) is 65.8 Å². The largest absolute Gasteiger partial charge is 0.507 e. The Kier molecular flexibility index (Phi) is 8.21. The molecule has 0 aromatic heterocycles. The van der Waals surface area contributed by atoms with E-state index in [1.165, 1.54) is 31.5 Å². The number of rotatable bonds is 8. The first-order valence-corrected chi connectivity index (χ1v) is 10.6. The minimum Gasteiger partial charge on any atom is -0.507 e. The summed E-state index contributed by atoms with van der Waals surface area (Å²) in [6.07, 6.45) is 2.29. The lowest BCUT2D eigenvalue weighted by atomic mass is 10.1. The highest BCUT2D eigenvalue weighted by molar-refractivity contribution is 6.30. The van der Waals surface area contributed by atoms with Crippen LogP contribution in [-0.4, -0.2) is 30.2 Å². The third-order valence-corrected chi connectivity index (χ3v) is 5.07. The van der Waals surface area contributed by atoms with E-state index in [1.54, 1.807) is 36.4 Å². The molecule has 8 nitrogen and oxygen atoms in total. The van der Waals surface area contributed by atoms with Gasteiger partial charge >= 0.3 is 0 Å². The van der Waals surface area contributed by atoms with Gasteiger partial charge in [-0.15, -0.1) is 0 Å². The standard InChI is InChI=1S/C25H21ClN4O4/c1-34-23-13-21(29-24(32)11-4-16-2-7-20(26)8-3-16)9-5-18(23)15-28-30-25(33)17-6-10-22(31)19(12-17)14-27/h2-3,5-10,12-13,15,31H,4,11H2,1H3,(H,29,32)(H,30,33). The van der Waals surface area contributed by atoms with Gasteiger partial charge in [0.05, 0.1) is 18.9 Å². The quantitative estimate of drug-likeness (QED) is 0.331. The topological polar surface area (TPSA) is 124 Å².